The Labute approximate surface area is 178 Å². The van der Waals surface area contributed by atoms with Crippen LogP contribution in [0.5, 0.6) is 0 Å². The highest BCUT2D eigenvalue weighted by Crippen LogP contribution is 2.28. The van der Waals surface area contributed by atoms with Gasteiger partial charge >= 0.3 is 5.97 Å². The number of nitro benzene ring substituents is 1. The number of ketones is 1. The quantitative estimate of drug-likeness (QED) is 0.221. The number of nitro groups is 1. The van der Waals surface area contributed by atoms with Gasteiger partial charge in [0.05, 0.1) is 15.5 Å². The van der Waals surface area contributed by atoms with Gasteiger partial charge in [-0.15, -0.1) is 0 Å². The highest BCUT2D eigenvalue weighted by Gasteiger charge is 2.28. The van der Waals surface area contributed by atoms with Gasteiger partial charge in [0.15, 0.2) is 6.10 Å². The maximum atomic E-state index is 13.2. The predicted octanol–water partition coefficient (Wildman–Crippen LogP) is 5.65. The van der Waals surface area contributed by atoms with Gasteiger partial charge in [-0.25, -0.2) is 4.79 Å². The van der Waals surface area contributed by atoms with E-state index in [4.69, 9.17) is 16.3 Å². The number of esters is 1. The van der Waals surface area contributed by atoms with E-state index in [0.29, 0.717) is 11.1 Å². The van der Waals surface area contributed by atoms with E-state index in [1.54, 1.807) is 42.5 Å². The molecule has 30 heavy (non-hydrogen) atoms. The number of ether oxygens (including phenoxy) is 1. The molecule has 0 unspecified atom stereocenters. The fraction of sp³-hybridized carbons (Fsp3) is 0.130. The lowest BCUT2D eigenvalue weighted by atomic mass is 9.97. The summed E-state index contributed by atoms with van der Waals surface area (Å²) in [6, 6.07) is 17.3. The molecule has 0 aliphatic rings. The minimum absolute atomic E-state index is 0.00367. The molecule has 3 rings (SSSR count). The first-order chi connectivity index (χ1) is 14.3. The molecular weight excluding hydrogens is 406 g/mol. The molecule has 3 aromatic carbocycles. The van der Waals surface area contributed by atoms with Crippen molar-refractivity contribution in [3.05, 3.63) is 110 Å². The number of hydrogen-bond acceptors (Lipinski definition) is 5. The summed E-state index contributed by atoms with van der Waals surface area (Å²) >= 11 is 6.05. The van der Waals surface area contributed by atoms with Gasteiger partial charge in [0, 0.05) is 23.3 Å². The molecule has 0 radical (unpaired) electrons. The minimum atomic E-state index is -1.23. The standard InChI is InChI=1S/C23H18ClNO5/c1-14-8-9-17(12-15(14)2)21(26)22(16-6-4-3-5-7-16)30-23(27)19-13-18(25(28)29)10-11-20(19)24/h3-13,22H,1-2H3/t22-/m1/s1. The van der Waals surface area contributed by atoms with E-state index in [9.17, 15) is 19.7 Å². The Hall–Kier alpha value is -3.51. The van der Waals surface area contributed by atoms with Gasteiger partial charge in [0.1, 0.15) is 0 Å². The Morgan fingerprint density at radius 1 is 0.967 bits per heavy atom. The Morgan fingerprint density at radius 3 is 2.30 bits per heavy atom. The molecule has 0 fully saturated rings. The molecule has 0 aromatic heterocycles. The lowest BCUT2D eigenvalue weighted by Gasteiger charge is -2.18. The molecule has 0 aliphatic heterocycles. The molecule has 6 nitrogen and oxygen atoms in total. The van der Waals surface area contributed by atoms with Gasteiger partial charge in [-0.2, -0.15) is 0 Å². The smallest absolute Gasteiger partial charge is 0.340 e. The molecule has 3 aromatic rings. The van der Waals surface area contributed by atoms with E-state index in [2.05, 4.69) is 0 Å². The van der Waals surface area contributed by atoms with Crippen molar-refractivity contribution in [2.24, 2.45) is 0 Å². The number of carbonyl (C=O) groups excluding carboxylic acids is 2. The topological polar surface area (TPSA) is 86.5 Å². The fourth-order valence-electron chi connectivity index (χ4n) is 2.90. The molecule has 0 aliphatic carbocycles. The number of nitrogens with zero attached hydrogens (tertiary/aromatic N) is 1. The van der Waals surface area contributed by atoms with Crippen molar-refractivity contribution in [3.63, 3.8) is 0 Å². The first-order valence-corrected chi connectivity index (χ1v) is 9.47. The van der Waals surface area contributed by atoms with Gasteiger partial charge in [-0.05, 0) is 37.1 Å². The second kappa shape index (κ2) is 8.88. The van der Waals surface area contributed by atoms with Gasteiger partial charge in [-0.3, -0.25) is 14.9 Å². The third kappa shape index (κ3) is 4.55. The molecule has 0 saturated heterocycles. The van der Waals surface area contributed by atoms with Crippen molar-refractivity contribution < 1.29 is 19.2 Å². The zero-order chi connectivity index (χ0) is 21.8. The minimum Gasteiger partial charge on any atom is -0.445 e. The Bertz CT molecular complexity index is 1130. The number of aryl methyl sites for hydroxylation is 2. The average molecular weight is 424 g/mol. The van der Waals surface area contributed by atoms with Crippen LogP contribution in [0, 0.1) is 24.0 Å². The van der Waals surface area contributed by atoms with E-state index < -0.39 is 22.8 Å². The van der Waals surface area contributed by atoms with Crippen LogP contribution in [-0.4, -0.2) is 16.7 Å². The Morgan fingerprint density at radius 2 is 1.67 bits per heavy atom. The van der Waals surface area contributed by atoms with E-state index in [1.807, 2.05) is 19.9 Å². The van der Waals surface area contributed by atoms with Crippen LogP contribution in [-0.2, 0) is 4.74 Å². The summed E-state index contributed by atoms with van der Waals surface area (Å²) in [5.41, 5.74) is 2.35. The van der Waals surface area contributed by atoms with Crippen molar-refractivity contribution in [1.29, 1.82) is 0 Å². The second-order valence-electron chi connectivity index (χ2n) is 6.78. The van der Waals surface area contributed by atoms with E-state index in [1.165, 1.54) is 12.1 Å². The Balaban J connectivity index is 1.99. The maximum Gasteiger partial charge on any atom is 0.340 e. The molecule has 0 spiro atoms. The molecular formula is C23H18ClNO5. The van der Waals surface area contributed by atoms with Gasteiger partial charge < -0.3 is 4.74 Å². The maximum absolute atomic E-state index is 13.2. The van der Waals surface area contributed by atoms with Crippen molar-refractivity contribution in [2.45, 2.75) is 20.0 Å². The van der Waals surface area contributed by atoms with E-state index in [0.717, 1.165) is 17.2 Å². The summed E-state index contributed by atoms with van der Waals surface area (Å²) < 4.78 is 5.53. The second-order valence-corrected chi connectivity index (χ2v) is 7.19. The lowest BCUT2D eigenvalue weighted by molar-refractivity contribution is -0.384. The largest absolute Gasteiger partial charge is 0.445 e. The zero-order valence-corrected chi connectivity index (χ0v) is 17.1. The van der Waals surface area contributed by atoms with Crippen LogP contribution < -0.4 is 0 Å². The van der Waals surface area contributed by atoms with Crippen LogP contribution in [0.2, 0.25) is 5.02 Å². The molecule has 0 bridgehead atoms. The number of rotatable bonds is 6. The van der Waals surface area contributed by atoms with Gasteiger partial charge in [0.25, 0.3) is 5.69 Å². The summed E-state index contributed by atoms with van der Waals surface area (Å²) in [6.07, 6.45) is -1.23. The fourth-order valence-corrected chi connectivity index (χ4v) is 3.10. The average Bonchev–Trinajstić information content (AvgIpc) is 2.74. The zero-order valence-electron chi connectivity index (χ0n) is 16.3. The highest BCUT2D eigenvalue weighted by molar-refractivity contribution is 6.33. The van der Waals surface area contributed by atoms with E-state index in [-0.39, 0.29) is 16.3 Å². The predicted molar refractivity (Wildman–Crippen MR) is 113 cm³/mol. The summed E-state index contributed by atoms with van der Waals surface area (Å²) in [5, 5.41) is 11.0. The molecule has 1 atom stereocenters. The first-order valence-electron chi connectivity index (χ1n) is 9.09. The van der Waals surface area contributed by atoms with Crippen molar-refractivity contribution in [3.8, 4) is 0 Å². The van der Waals surface area contributed by atoms with E-state index >= 15 is 0 Å². The highest BCUT2D eigenvalue weighted by atomic mass is 35.5. The van der Waals surface area contributed by atoms with Crippen LogP contribution in [0.1, 0.15) is 43.5 Å². The summed E-state index contributed by atoms with van der Waals surface area (Å²) in [7, 11) is 0. The van der Waals surface area contributed by atoms with Gasteiger partial charge in [-0.1, -0.05) is 54.1 Å². The van der Waals surface area contributed by atoms with Crippen LogP contribution >= 0.6 is 11.6 Å². The number of halogens is 1. The third-order valence-electron chi connectivity index (χ3n) is 4.74. The monoisotopic (exact) mass is 423 g/mol. The molecule has 0 saturated carbocycles. The van der Waals surface area contributed by atoms with Crippen molar-refractivity contribution >= 4 is 29.0 Å². The summed E-state index contributed by atoms with van der Waals surface area (Å²) in [4.78, 5) is 36.4. The van der Waals surface area contributed by atoms with Crippen LogP contribution in [0.3, 0.4) is 0 Å². The molecule has 0 N–H and O–H groups in total. The number of carbonyl (C=O) groups is 2. The normalized spacial score (nSPS) is 11.6. The molecule has 7 heteroatoms. The summed E-state index contributed by atoms with van der Waals surface area (Å²) in [5.74, 6) is -1.33. The molecule has 152 valence electrons. The van der Waals surface area contributed by atoms with Crippen LogP contribution in [0.15, 0.2) is 66.7 Å². The van der Waals surface area contributed by atoms with Crippen molar-refractivity contribution in [2.75, 3.05) is 0 Å². The molecule has 0 amide bonds. The number of benzene rings is 3. The number of Topliss-reactive ketones (excluding diaryl/α,β-unsaturated/α-hetero) is 1. The first kappa shape index (κ1) is 21.2. The third-order valence-corrected chi connectivity index (χ3v) is 5.07. The SMILES string of the molecule is Cc1ccc(C(=O)[C@H](OC(=O)c2cc([N+](=O)[O-])ccc2Cl)c2ccccc2)cc1C. The van der Waals surface area contributed by atoms with Crippen LogP contribution in [0.25, 0.3) is 0 Å². The Kier molecular flexibility index (Phi) is 6.28. The van der Waals surface area contributed by atoms with Crippen molar-refractivity contribution in [1.82, 2.24) is 0 Å². The summed E-state index contributed by atoms with van der Waals surface area (Å²) in [6.45, 7) is 3.82. The van der Waals surface area contributed by atoms with Crippen LogP contribution in [0.4, 0.5) is 5.69 Å². The lowest BCUT2D eigenvalue weighted by Crippen LogP contribution is -2.21. The number of non-ortho nitro benzene ring substituents is 1. The molecule has 0 heterocycles. The number of hydrogen-bond donors (Lipinski definition) is 0. The van der Waals surface area contributed by atoms with Gasteiger partial charge in [0.2, 0.25) is 5.78 Å².